The van der Waals surface area contributed by atoms with Crippen LogP contribution in [-0.2, 0) is 0 Å². The maximum Gasteiger partial charge on any atom is 0.0306 e. The minimum absolute atomic E-state index is 0.319. The fourth-order valence-electron chi connectivity index (χ4n) is 5.97. The molecule has 102 valence electrons. The van der Waals surface area contributed by atoms with E-state index >= 15 is 0 Å². The van der Waals surface area contributed by atoms with Crippen molar-refractivity contribution in [2.45, 2.75) is 69.4 Å². The Morgan fingerprint density at radius 1 is 0.889 bits per heavy atom. The molecular weight excluding hydrogens is 220 g/mol. The van der Waals surface area contributed by atoms with Gasteiger partial charge < -0.3 is 11.1 Å². The first-order valence-electron chi connectivity index (χ1n) is 8.26. The molecule has 0 saturated heterocycles. The van der Waals surface area contributed by atoms with Crippen LogP contribution in [0.3, 0.4) is 0 Å². The predicted octanol–water partition coefficient (Wildman–Crippen LogP) is 2.67. The highest BCUT2D eigenvalue weighted by Gasteiger charge is 2.50. The van der Waals surface area contributed by atoms with Gasteiger partial charge in [0.2, 0.25) is 0 Å². The van der Waals surface area contributed by atoms with Crippen LogP contribution in [0.15, 0.2) is 0 Å². The fraction of sp³-hybridized carbons (Fsp3) is 1.00. The fourth-order valence-corrected chi connectivity index (χ4v) is 5.97. The lowest BCUT2D eigenvalue weighted by atomic mass is 9.54. The third kappa shape index (κ3) is 1.76. The van der Waals surface area contributed by atoms with Crippen LogP contribution in [-0.4, -0.2) is 18.1 Å². The lowest BCUT2D eigenvalue weighted by molar-refractivity contribution is -0.0246. The lowest BCUT2D eigenvalue weighted by Gasteiger charge is -2.56. The molecule has 0 atom stereocenters. The van der Waals surface area contributed by atoms with Gasteiger partial charge >= 0.3 is 0 Å². The maximum absolute atomic E-state index is 6.11. The first kappa shape index (κ1) is 11.7. The van der Waals surface area contributed by atoms with E-state index < -0.39 is 0 Å². The Balaban J connectivity index is 1.51. The van der Waals surface area contributed by atoms with Gasteiger partial charge in [0.1, 0.15) is 0 Å². The standard InChI is InChI=1S/C16H28N2/c17-10-16(3-1-2-4-16)18-15-13-6-11-5-12(8-13)9-14(15)7-11/h11-15,18H,1-10,17H2. The molecule has 0 amide bonds. The number of hydrogen-bond acceptors (Lipinski definition) is 2. The minimum Gasteiger partial charge on any atom is -0.329 e. The summed E-state index contributed by atoms with van der Waals surface area (Å²) in [4.78, 5) is 0. The van der Waals surface area contributed by atoms with Crippen molar-refractivity contribution in [3.8, 4) is 0 Å². The Bertz CT molecular complexity index is 291. The monoisotopic (exact) mass is 248 g/mol. The molecule has 5 aliphatic rings. The maximum atomic E-state index is 6.11. The molecule has 5 aliphatic carbocycles. The Hall–Kier alpha value is -0.0800. The summed E-state index contributed by atoms with van der Waals surface area (Å²) in [6.07, 6.45) is 13.1. The van der Waals surface area contributed by atoms with E-state index in [9.17, 15) is 0 Å². The van der Waals surface area contributed by atoms with E-state index in [1.807, 2.05) is 0 Å². The van der Waals surface area contributed by atoms with Crippen molar-refractivity contribution in [3.63, 3.8) is 0 Å². The lowest BCUT2D eigenvalue weighted by Crippen LogP contribution is -2.62. The van der Waals surface area contributed by atoms with E-state index in [0.29, 0.717) is 5.54 Å². The third-order valence-corrected chi connectivity index (χ3v) is 6.65. The van der Waals surface area contributed by atoms with Crippen LogP contribution in [0.1, 0.15) is 57.8 Å². The van der Waals surface area contributed by atoms with E-state index in [1.54, 1.807) is 6.42 Å². The van der Waals surface area contributed by atoms with Gasteiger partial charge in [0.05, 0.1) is 0 Å². The Labute approximate surface area is 111 Å². The zero-order valence-electron chi connectivity index (χ0n) is 11.5. The smallest absolute Gasteiger partial charge is 0.0306 e. The van der Waals surface area contributed by atoms with Crippen molar-refractivity contribution in [1.82, 2.24) is 5.32 Å². The Morgan fingerprint density at radius 3 is 1.94 bits per heavy atom. The van der Waals surface area contributed by atoms with Gasteiger partial charge in [-0.3, -0.25) is 0 Å². The van der Waals surface area contributed by atoms with Gasteiger partial charge in [-0.05, 0) is 68.6 Å². The predicted molar refractivity (Wildman–Crippen MR) is 74.2 cm³/mol. The second kappa shape index (κ2) is 4.21. The van der Waals surface area contributed by atoms with Crippen molar-refractivity contribution in [3.05, 3.63) is 0 Å². The molecule has 2 nitrogen and oxygen atoms in total. The van der Waals surface area contributed by atoms with Crippen LogP contribution in [0, 0.1) is 23.7 Å². The topological polar surface area (TPSA) is 38.0 Å². The molecule has 4 bridgehead atoms. The summed E-state index contributed by atoms with van der Waals surface area (Å²) < 4.78 is 0. The molecule has 0 aliphatic heterocycles. The summed E-state index contributed by atoms with van der Waals surface area (Å²) >= 11 is 0. The van der Waals surface area contributed by atoms with E-state index in [2.05, 4.69) is 5.32 Å². The molecule has 0 unspecified atom stereocenters. The molecule has 2 heteroatoms. The third-order valence-electron chi connectivity index (χ3n) is 6.65. The number of rotatable bonds is 3. The quantitative estimate of drug-likeness (QED) is 0.806. The average Bonchev–Trinajstić information content (AvgIpc) is 2.82. The van der Waals surface area contributed by atoms with Crippen LogP contribution in [0.5, 0.6) is 0 Å². The minimum atomic E-state index is 0.319. The molecule has 5 rings (SSSR count). The van der Waals surface area contributed by atoms with Crippen molar-refractivity contribution in [1.29, 1.82) is 0 Å². The van der Waals surface area contributed by atoms with Crippen LogP contribution in [0.25, 0.3) is 0 Å². The van der Waals surface area contributed by atoms with Gasteiger partial charge in [-0.1, -0.05) is 12.8 Å². The van der Waals surface area contributed by atoms with Crippen LogP contribution in [0.4, 0.5) is 0 Å². The summed E-state index contributed by atoms with van der Waals surface area (Å²) in [7, 11) is 0. The summed E-state index contributed by atoms with van der Waals surface area (Å²) in [5.74, 6) is 4.15. The van der Waals surface area contributed by atoms with Crippen LogP contribution in [0.2, 0.25) is 0 Å². The van der Waals surface area contributed by atoms with E-state index in [-0.39, 0.29) is 0 Å². The van der Waals surface area contributed by atoms with Gasteiger partial charge in [0, 0.05) is 18.1 Å². The zero-order chi connectivity index (χ0) is 12.2. The Kier molecular flexibility index (Phi) is 2.74. The second-order valence-corrected chi connectivity index (χ2v) is 7.79. The van der Waals surface area contributed by atoms with E-state index in [4.69, 9.17) is 5.73 Å². The molecule has 0 aromatic heterocycles. The second-order valence-electron chi connectivity index (χ2n) is 7.79. The van der Waals surface area contributed by atoms with E-state index in [1.165, 1.54) is 51.4 Å². The summed E-state index contributed by atoms with van der Waals surface area (Å²) in [5.41, 5.74) is 6.43. The number of nitrogens with two attached hydrogens (primary N) is 1. The molecular formula is C16H28N2. The molecule has 5 saturated carbocycles. The van der Waals surface area contributed by atoms with Gasteiger partial charge in [0.15, 0.2) is 0 Å². The summed E-state index contributed by atoms with van der Waals surface area (Å²) in [6.45, 7) is 0.857. The first-order chi connectivity index (χ1) is 8.78. The molecule has 5 fully saturated rings. The number of hydrogen-bond donors (Lipinski definition) is 2. The van der Waals surface area contributed by atoms with Gasteiger partial charge in [-0.2, -0.15) is 0 Å². The average molecular weight is 248 g/mol. The van der Waals surface area contributed by atoms with Crippen molar-refractivity contribution in [2.24, 2.45) is 29.4 Å². The molecule has 0 radical (unpaired) electrons. The molecule has 0 spiro atoms. The molecule has 0 aromatic rings. The molecule has 18 heavy (non-hydrogen) atoms. The highest BCUT2D eigenvalue weighted by Crippen LogP contribution is 2.54. The SMILES string of the molecule is NCC1(NC2C3CC4CC(C3)CC2C4)CCCC1. The highest BCUT2D eigenvalue weighted by molar-refractivity contribution is 5.05. The Morgan fingerprint density at radius 2 is 1.44 bits per heavy atom. The largest absolute Gasteiger partial charge is 0.329 e. The van der Waals surface area contributed by atoms with Crippen LogP contribution < -0.4 is 11.1 Å². The molecule has 3 N–H and O–H groups in total. The van der Waals surface area contributed by atoms with Crippen LogP contribution >= 0.6 is 0 Å². The van der Waals surface area contributed by atoms with Gasteiger partial charge in [-0.15, -0.1) is 0 Å². The zero-order valence-corrected chi connectivity index (χ0v) is 11.5. The van der Waals surface area contributed by atoms with Crippen molar-refractivity contribution >= 4 is 0 Å². The number of nitrogens with one attached hydrogen (secondary N) is 1. The van der Waals surface area contributed by atoms with Crippen molar-refractivity contribution in [2.75, 3.05) is 6.54 Å². The van der Waals surface area contributed by atoms with Gasteiger partial charge in [0.25, 0.3) is 0 Å². The summed E-state index contributed by atoms with van der Waals surface area (Å²) in [6, 6.07) is 0.819. The van der Waals surface area contributed by atoms with E-state index in [0.717, 1.165) is 36.3 Å². The first-order valence-corrected chi connectivity index (χ1v) is 8.26. The highest BCUT2D eigenvalue weighted by atomic mass is 15.1. The van der Waals surface area contributed by atoms with Crippen molar-refractivity contribution < 1.29 is 0 Å². The molecule has 0 aromatic carbocycles. The molecule has 0 heterocycles. The van der Waals surface area contributed by atoms with Gasteiger partial charge in [-0.25, -0.2) is 0 Å². The summed E-state index contributed by atoms with van der Waals surface area (Å²) in [5, 5.41) is 4.10. The normalized spacial score (nSPS) is 48.8.